The first-order valence-corrected chi connectivity index (χ1v) is 7.68. The molecule has 3 N–H and O–H groups in total. The quantitative estimate of drug-likeness (QED) is 0.470. The zero-order valence-corrected chi connectivity index (χ0v) is 12.4. The summed E-state index contributed by atoms with van der Waals surface area (Å²) >= 11 is 0. The zero-order chi connectivity index (χ0) is 14.5. The van der Waals surface area contributed by atoms with E-state index in [0.717, 1.165) is 37.0 Å². The molecule has 4 saturated carbocycles. The van der Waals surface area contributed by atoms with Gasteiger partial charge in [0.15, 0.2) is 5.78 Å². The lowest BCUT2D eigenvalue weighted by atomic mass is 9.53. The fraction of sp³-hybridized carbons (Fsp3) is 0.750. The second-order valence-electron chi connectivity index (χ2n) is 7.27. The van der Waals surface area contributed by atoms with Crippen LogP contribution in [-0.4, -0.2) is 17.2 Å². The molecule has 0 heterocycles. The van der Waals surface area contributed by atoms with Crippen LogP contribution in [-0.2, 0) is 9.59 Å². The summed E-state index contributed by atoms with van der Waals surface area (Å²) < 4.78 is 0. The number of hydrogen-bond acceptors (Lipinski definition) is 3. The lowest BCUT2D eigenvalue weighted by Gasteiger charge is -2.56. The van der Waals surface area contributed by atoms with Gasteiger partial charge in [0.05, 0.1) is 0 Å². The minimum Gasteiger partial charge on any atom is -0.402 e. The molecule has 4 aliphatic carbocycles. The van der Waals surface area contributed by atoms with Crippen molar-refractivity contribution in [1.29, 1.82) is 0 Å². The predicted octanol–water partition coefficient (Wildman–Crippen LogP) is 1.89. The Labute approximate surface area is 120 Å². The maximum absolute atomic E-state index is 12.4. The highest BCUT2D eigenvalue weighted by molar-refractivity contribution is 6.19. The molecule has 4 heteroatoms. The van der Waals surface area contributed by atoms with Crippen LogP contribution in [0.2, 0.25) is 0 Å². The Morgan fingerprint density at radius 3 is 1.80 bits per heavy atom. The number of nitrogens with one attached hydrogen (secondary N) is 1. The summed E-state index contributed by atoms with van der Waals surface area (Å²) in [5.74, 6) is 1.80. The van der Waals surface area contributed by atoms with Crippen molar-refractivity contribution >= 4 is 11.7 Å². The molecule has 0 spiro atoms. The van der Waals surface area contributed by atoms with Gasteiger partial charge >= 0.3 is 0 Å². The Bertz CT molecular complexity index is 453. The molecule has 0 unspecified atom stereocenters. The summed E-state index contributed by atoms with van der Waals surface area (Å²) in [6.07, 6.45) is 7.25. The molecule has 0 aromatic heterocycles. The lowest BCUT2D eigenvalue weighted by Crippen LogP contribution is -2.60. The van der Waals surface area contributed by atoms with Crippen LogP contribution in [0.4, 0.5) is 0 Å². The fourth-order valence-electron chi connectivity index (χ4n) is 5.18. The molecule has 0 radical (unpaired) electrons. The molecule has 4 nitrogen and oxygen atoms in total. The van der Waals surface area contributed by atoms with Gasteiger partial charge in [-0.3, -0.25) is 9.59 Å². The Morgan fingerprint density at radius 2 is 1.45 bits per heavy atom. The van der Waals surface area contributed by atoms with Crippen LogP contribution in [0.25, 0.3) is 0 Å². The molecule has 4 bridgehead atoms. The smallest absolute Gasteiger partial charge is 0.257 e. The van der Waals surface area contributed by atoms with E-state index >= 15 is 0 Å². The third kappa shape index (κ3) is 2.25. The number of Topliss-reactive ketones (excluding diaryl/α,β-unsaturated/α-hetero) is 1. The third-order valence-corrected chi connectivity index (χ3v) is 5.39. The molecular weight excluding hydrogens is 252 g/mol. The van der Waals surface area contributed by atoms with Gasteiger partial charge in [-0.05, 0) is 70.1 Å². The van der Waals surface area contributed by atoms with E-state index in [-0.39, 0.29) is 22.8 Å². The van der Waals surface area contributed by atoms with Gasteiger partial charge in [-0.25, -0.2) is 0 Å². The van der Waals surface area contributed by atoms with Crippen molar-refractivity contribution in [3.8, 4) is 0 Å². The van der Waals surface area contributed by atoms with Gasteiger partial charge in [-0.1, -0.05) is 0 Å². The number of rotatable bonds is 3. The largest absolute Gasteiger partial charge is 0.402 e. The van der Waals surface area contributed by atoms with E-state index in [2.05, 4.69) is 5.32 Å². The highest BCUT2D eigenvalue weighted by atomic mass is 16.2. The van der Waals surface area contributed by atoms with Crippen molar-refractivity contribution in [2.75, 3.05) is 0 Å². The van der Waals surface area contributed by atoms with Crippen LogP contribution in [0.15, 0.2) is 11.3 Å². The summed E-state index contributed by atoms with van der Waals surface area (Å²) in [5, 5.41) is 3.19. The molecule has 0 saturated heterocycles. The number of carbonyl (C=O) groups excluding carboxylic acids is 2. The molecule has 4 rings (SSSR count). The maximum atomic E-state index is 12.4. The third-order valence-electron chi connectivity index (χ3n) is 5.39. The number of amides is 1. The molecule has 0 atom stereocenters. The second-order valence-corrected chi connectivity index (χ2v) is 7.27. The Morgan fingerprint density at radius 1 is 1.00 bits per heavy atom. The molecular formula is C16H24N2O2. The molecule has 4 fully saturated rings. The maximum Gasteiger partial charge on any atom is 0.257 e. The highest BCUT2D eigenvalue weighted by Gasteiger charge is 2.51. The van der Waals surface area contributed by atoms with Crippen LogP contribution in [0.1, 0.15) is 52.4 Å². The molecule has 0 aromatic rings. The van der Waals surface area contributed by atoms with Gasteiger partial charge in [-0.15, -0.1) is 0 Å². The van der Waals surface area contributed by atoms with E-state index in [9.17, 15) is 9.59 Å². The summed E-state index contributed by atoms with van der Waals surface area (Å²) in [6, 6.07) is 0. The zero-order valence-electron chi connectivity index (χ0n) is 12.4. The summed E-state index contributed by atoms with van der Waals surface area (Å²) in [4.78, 5) is 24.1. The minimum absolute atomic E-state index is 0.0675. The van der Waals surface area contributed by atoms with Crippen molar-refractivity contribution < 1.29 is 9.59 Å². The van der Waals surface area contributed by atoms with E-state index in [1.165, 1.54) is 26.2 Å². The van der Waals surface area contributed by atoms with Crippen LogP contribution in [0.3, 0.4) is 0 Å². The number of hydrogen-bond donors (Lipinski definition) is 2. The second kappa shape index (κ2) is 4.61. The fourth-order valence-corrected chi connectivity index (χ4v) is 5.18. The van der Waals surface area contributed by atoms with E-state index in [1.54, 1.807) is 6.92 Å². The van der Waals surface area contributed by atoms with E-state index in [1.807, 2.05) is 0 Å². The first-order chi connectivity index (χ1) is 9.38. The Balaban J connectivity index is 1.79. The number of nitrogens with two attached hydrogens (primary N) is 1. The summed E-state index contributed by atoms with van der Waals surface area (Å²) in [7, 11) is 0. The van der Waals surface area contributed by atoms with Gasteiger partial charge in [0, 0.05) is 11.2 Å². The van der Waals surface area contributed by atoms with Crippen LogP contribution in [0.5, 0.6) is 0 Å². The first-order valence-electron chi connectivity index (χ1n) is 7.68. The van der Waals surface area contributed by atoms with E-state index in [0.29, 0.717) is 5.70 Å². The van der Waals surface area contributed by atoms with Crippen LogP contribution >= 0.6 is 0 Å². The van der Waals surface area contributed by atoms with Crippen molar-refractivity contribution in [3.63, 3.8) is 0 Å². The lowest BCUT2D eigenvalue weighted by molar-refractivity contribution is -0.125. The van der Waals surface area contributed by atoms with Gasteiger partial charge in [0.25, 0.3) is 5.91 Å². The predicted molar refractivity (Wildman–Crippen MR) is 76.6 cm³/mol. The summed E-state index contributed by atoms with van der Waals surface area (Å²) in [6.45, 7) is 3.03. The normalized spacial score (nSPS) is 39.4. The SMILES string of the molecule is CC(=O)/C(C(=O)NC12CC3CC(CC(C3)C1)C2)=C(\C)N. The van der Waals surface area contributed by atoms with Crippen molar-refractivity contribution in [3.05, 3.63) is 11.3 Å². The number of carbonyl (C=O) groups is 2. The van der Waals surface area contributed by atoms with Gasteiger partial charge in [0.2, 0.25) is 0 Å². The number of allylic oxidation sites excluding steroid dienone is 1. The van der Waals surface area contributed by atoms with Crippen LogP contribution < -0.4 is 11.1 Å². The monoisotopic (exact) mass is 276 g/mol. The van der Waals surface area contributed by atoms with E-state index < -0.39 is 0 Å². The molecule has 20 heavy (non-hydrogen) atoms. The molecule has 1 amide bonds. The van der Waals surface area contributed by atoms with E-state index in [4.69, 9.17) is 5.73 Å². The number of ketones is 1. The summed E-state index contributed by atoms with van der Waals surface area (Å²) in [5.41, 5.74) is 6.09. The van der Waals surface area contributed by atoms with Crippen LogP contribution in [0, 0.1) is 17.8 Å². The molecule has 4 aliphatic rings. The molecule has 0 aromatic carbocycles. The first kappa shape index (κ1) is 13.7. The topological polar surface area (TPSA) is 72.2 Å². The van der Waals surface area contributed by atoms with Gasteiger partial charge in [-0.2, -0.15) is 0 Å². The average Bonchev–Trinajstić information content (AvgIpc) is 2.23. The molecule has 0 aliphatic heterocycles. The van der Waals surface area contributed by atoms with Crippen molar-refractivity contribution in [2.45, 2.75) is 57.9 Å². The Hall–Kier alpha value is -1.32. The van der Waals surface area contributed by atoms with Crippen molar-refractivity contribution in [1.82, 2.24) is 5.32 Å². The highest BCUT2D eigenvalue weighted by Crippen LogP contribution is 2.55. The van der Waals surface area contributed by atoms with Crippen molar-refractivity contribution in [2.24, 2.45) is 23.5 Å². The minimum atomic E-state index is -0.264. The van der Waals surface area contributed by atoms with Gasteiger partial charge in [0.1, 0.15) is 5.57 Å². The standard InChI is InChI=1S/C16H24N2O2/c1-9(17)14(10(2)19)15(20)18-16-6-11-3-12(7-16)5-13(4-11)8-16/h11-13H,3-8,17H2,1-2H3,(H,18,20)/b14-9-. The Kier molecular flexibility index (Phi) is 3.14. The average molecular weight is 276 g/mol. The molecule has 110 valence electrons. The van der Waals surface area contributed by atoms with Gasteiger partial charge < -0.3 is 11.1 Å².